The molecule has 0 saturated heterocycles. The normalized spacial score (nSPS) is 9.62. The van der Waals surface area contributed by atoms with Crippen molar-refractivity contribution < 1.29 is 9.59 Å². The minimum absolute atomic E-state index is 0.0579. The Morgan fingerprint density at radius 3 is 1.50 bits per heavy atom. The summed E-state index contributed by atoms with van der Waals surface area (Å²) in [5, 5.41) is 0. The van der Waals surface area contributed by atoms with Gasteiger partial charge >= 0.3 is 57.3 Å². The van der Waals surface area contributed by atoms with Gasteiger partial charge in [-0.2, -0.15) is 0 Å². The first-order chi connectivity index (χ1) is 3.55. The molecule has 0 rings (SSSR count). The minimum atomic E-state index is -0.407. The molecular formula is C5H7LiO2. The standard InChI is InChI=1S/C5H7O2.Li/c1-4(6)3-5(2)7;/h3H,1-2H3;. The van der Waals surface area contributed by atoms with E-state index in [4.69, 9.17) is 0 Å². The van der Waals surface area contributed by atoms with Crippen molar-refractivity contribution in [1.29, 1.82) is 0 Å². The van der Waals surface area contributed by atoms with Gasteiger partial charge in [-0.3, -0.25) is 0 Å². The topological polar surface area (TPSA) is 34.1 Å². The van der Waals surface area contributed by atoms with Crippen molar-refractivity contribution in [2.45, 2.75) is 18.4 Å². The van der Waals surface area contributed by atoms with Gasteiger partial charge in [0.15, 0.2) is 0 Å². The molecule has 0 aliphatic carbocycles. The van der Waals surface area contributed by atoms with E-state index in [0.29, 0.717) is 0 Å². The number of ketones is 2. The van der Waals surface area contributed by atoms with Gasteiger partial charge in [0.25, 0.3) is 0 Å². The molecule has 2 nitrogen and oxygen atoms in total. The van der Waals surface area contributed by atoms with Crippen LogP contribution in [0.4, 0.5) is 0 Å². The molecule has 3 heteroatoms. The SMILES string of the molecule is [Li][CH](C(C)=O)C(C)=O. The predicted octanol–water partition coefficient (Wildman–Crippen LogP) is 0.121. The van der Waals surface area contributed by atoms with Gasteiger partial charge in [0, 0.05) is 0 Å². The monoisotopic (exact) mass is 106 g/mol. The molecule has 0 radical (unpaired) electrons. The fourth-order valence-electron chi connectivity index (χ4n) is 0.286. The van der Waals surface area contributed by atoms with E-state index in [2.05, 4.69) is 0 Å². The molecule has 0 fully saturated rings. The first-order valence-corrected chi connectivity index (χ1v) is 2.56. The molecular weight excluding hydrogens is 99.0 g/mol. The Kier molecular flexibility index (Phi) is 3.04. The van der Waals surface area contributed by atoms with Gasteiger partial charge in [-0.1, -0.05) is 0 Å². The number of Topliss-reactive ketones (excluding diaryl/α,β-unsaturated/α-hetero) is 2. The van der Waals surface area contributed by atoms with E-state index in [1.54, 1.807) is 17.7 Å². The van der Waals surface area contributed by atoms with E-state index in [1.165, 1.54) is 13.8 Å². The molecule has 0 N–H and O–H groups in total. The third-order valence-electron chi connectivity index (χ3n) is 1.22. The van der Waals surface area contributed by atoms with Crippen molar-refractivity contribution in [2.24, 2.45) is 0 Å². The van der Waals surface area contributed by atoms with Crippen molar-refractivity contribution in [2.75, 3.05) is 0 Å². The van der Waals surface area contributed by atoms with Crippen molar-refractivity contribution in [3.63, 3.8) is 0 Å². The Bertz CT molecular complexity index is 106. The van der Waals surface area contributed by atoms with Gasteiger partial charge in [-0.15, -0.1) is 0 Å². The van der Waals surface area contributed by atoms with Gasteiger partial charge in [0.1, 0.15) is 0 Å². The summed E-state index contributed by atoms with van der Waals surface area (Å²) in [6.07, 6.45) is 0. The van der Waals surface area contributed by atoms with E-state index in [-0.39, 0.29) is 11.6 Å². The molecule has 0 atom stereocenters. The molecule has 0 aromatic heterocycles. The number of hydrogen-bond acceptors (Lipinski definition) is 2. The summed E-state index contributed by atoms with van der Waals surface area (Å²) in [6.45, 7) is 2.85. The Labute approximate surface area is 57.8 Å². The molecule has 0 aliphatic rings. The molecule has 8 heavy (non-hydrogen) atoms. The molecule has 0 saturated carbocycles. The molecule has 0 bridgehead atoms. The summed E-state index contributed by atoms with van der Waals surface area (Å²) < 4.78 is -0.407. The Hall–Kier alpha value is -0.0626. The van der Waals surface area contributed by atoms with Crippen LogP contribution in [0.1, 0.15) is 13.8 Å². The second-order valence-corrected chi connectivity index (χ2v) is 1.94. The van der Waals surface area contributed by atoms with Crippen LogP contribution in [-0.2, 0) is 9.59 Å². The summed E-state index contributed by atoms with van der Waals surface area (Å²) >= 11 is 1.62. The van der Waals surface area contributed by atoms with E-state index < -0.39 is 4.59 Å². The molecule has 0 heterocycles. The Balaban J connectivity index is 3.83. The number of hydrogen-bond donors (Lipinski definition) is 0. The number of carbonyl (C=O) groups is 2. The summed E-state index contributed by atoms with van der Waals surface area (Å²) in [5.74, 6) is -0.116. The molecule has 0 aromatic carbocycles. The zero-order chi connectivity index (χ0) is 6.73. The third-order valence-corrected chi connectivity index (χ3v) is 1.22. The maximum absolute atomic E-state index is 10.4. The summed E-state index contributed by atoms with van der Waals surface area (Å²) in [4.78, 5) is 20.7. The van der Waals surface area contributed by atoms with Crippen molar-refractivity contribution in [3.8, 4) is 0 Å². The Morgan fingerprint density at radius 2 is 1.50 bits per heavy atom. The van der Waals surface area contributed by atoms with Gasteiger partial charge in [-0.05, 0) is 0 Å². The molecule has 0 amide bonds. The quantitative estimate of drug-likeness (QED) is 0.370. The molecule has 0 aromatic rings. The molecule has 0 aliphatic heterocycles. The van der Waals surface area contributed by atoms with Gasteiger partial charge < -0.3 is 0 Å². The van der Waals surface area contributed by atoms with Gasteiger partial charge in [0.05, 0.1) is 0 Å². The molecule has 0 unspecified atom stereocenters. The predicted molar refractivity (Wildman–Crippen MR) is 30.9 cm³/mol. The third kappa shape index (κ3) is 2.30. The van der Waals surface area contributed by atoms with Crippen LogP contribution >= 0.6 is 0 Å². The van der Waals surface area contributed by atoms with E-state index in [9.17, 15) is 9.59 Å². The van der Waals surface area contributed by atoms with Crippen LogP contribution in [-0.4, -0.2) is 29.3 Å². The van der Waals surface area contributed by atoms with Crippen LogP contribution in [0.2, 0.25) is 4.59 Å². The maximum atomic E-state index is 10.4. The van der Waals surface area contributed by atoms with Gasteiger partial charge in [-0.25, -0.2) is 0 Å². The summed E-state index contributed by atoms with van der Waals surface area (Å²) in [5.41, 5.74) is 0. The first kappa shape index (κ1) is 7.94. The zero-order valence-corrected chi connectivity index (χ0v) is 5.39. The Morgan fingerprint density at radius 1 is 1.25 bits per heavy atom. The number of carbonyl (C=O) groups excluding carboxylic acids is 2. The second-order valence-electron chi connectivity index (χ2n) is 1.94. The summed E-state index contributed by atoms with van der Waals surface area (Å²) in [6, 6.07) is 0. The number of rotatable bonds is 2. The van der Waals surface area contributed by atoms with Crippen LogP contribution in [0.15, 0.2) is 0 Å². The van der Waals surface area contributed by atoms with Gasteiger partial charge in [0.2, 0.25) is 0 Å². The fourth-order valence-corrected chi connectivity index (χ4v) is 0.286. The van der Waals surface area contributed by atoms with Crippen molar-refractivity contribution >= 4 is 29.3 Å². The van der Waals surface area contributed by atoms with E-state index in [1.807, 2.05) is 0 Å². The van der Waals surface area contributed by atoms with Crippen LogP contribution in [0, 0.1) is 0 Å². The molecule has 0 spiro atoms. The van der Waals surface area contributed by atoms with E-state index >= 15 is 0 Å². The van der Waals surface area contributed by atoms with Crippen LogP contribution in [0.3, 0.4) is 0 Å². The van der Waals surface area contributed by atoms with E-state index in [0.717, 1.165) is 0 Å². The first-order valence-electron chi connectivity index (χ1n) is 2.56. The average Bonchev–Trinajstić information content (AvgIpc) is 1.64. The van der Waals surface area contributed by atoms with Crippen LogP contribution < -0.4 is 0 Å². The van der Waals surface area contributed by atoms with Crippen molar-refractivity contribution in [1.82, 2.24) is 0 Å². The van der Waals surface area contributed by atoms with Crippen molar-refractivity contribution in [3.05, 3.63) is 0 Å². The summed E-state index contributed by atoms with van der Waals surface area (Å²) in [7, 11) is 0. The zero-order valence-electron chi connectivity index (χ0n) is 5.39. The van der Waals surface area contributed by atoms with Crippen LogP contribution in [0.25, 0.3) is 0 Å². The van der Waals surface area contributed by atoms with Crippen LogP contribution in [0.5, 0.6) is 0 Å². The molecule has 40 valence electrons. The average molecular weight is 106 g/mol. The second kappa shape index (κ2) is 3.06. The fraction of sp³-hybridized carbons (Fsp3) is 0.600.